The van der Waals surface area contributed by atoms with E-state index in [4.69, 9.17) is 0 Å². The third kappa shape index (κ3) is 2.43. The van der Waals surface area contributed by atoms with Crippen LogP contribution in [0.4, 0.5) is 0 Å². The Morgan fingerprint density at radius 2 is 2.06 bits per heavy atom. The van der Waals surface area contributed by atoms with Crippen molar-refractivity contribution in [1.82, 2.24) is 10.2 Å². The van der Waals surface area contributed by atoms with Gasteiger partial charge in [0, 0.05) is 20.1 Å². The summed E-state index contributed by atoms with van der Waals surface area (Å²) in [5.74, 6) is 1.87. The van der Waals surface area contributed by atoms with Gasteiger partial charge in [-0.05, 0) is 29.9 Å². The van der Waals surface area contributed by atoms with Gasteiger partial charge < -0.3 is 10.2 Å². The number of nitrogens with zero attached hydrogens (tertiary/aromatic N) is 2. The van der Waals surface area contributed by atoms with Gasteiger partial charge in [-0.2, -0.15) is 0 Å². The van der Waals surface area contributed by atoms with E-state index in [0.717, 1.165) is 31.5 Å². The summed E-state index contributed by atoms with van der Waals surface area (Å²) in [6.45, 7) is 2.82. The maximum absolute atomic E-state index is 4.42. The molecule has 0 unspecified atom stereocenters. The fraction of sp³-hybridized carbons (Fsp3) is 0.500. The summed E-state index contributed by atoms with van der Waals surface area (Å²) in [5.41, 5.74) is 2.83. The van der Waals surface area contributed by atoms with E-state index in [9.17, 15) is 0 Å². The van der Waals surface area contributed by atoms with Gasteiger partial charge in [0.05, 0.1) is 6.54 Å². The topological polar surface area (TPSA) is 27.6 Å². The molecular formula is C14H19N3. The highest BCUT2D eigenvalue weighted by atomic mass is 15.3. The SMILES string of the molecule is CN1CCN=C1NCc1ccc(C2CC2)cc1. The highest BCUT2D eigenvalue weighted by molar-refractivity contribution is 5.81. The average molecular weight is 229 g/mol. The highest BCUT2D eigenvalue weighted by Crippen LogP contribution is 2.39. The average Bonchev–Trinajstić information content (AvgIpc) is 3.12. The van der Waals surface area contributed by atoms with E-state index in [1.54, 1.807) is 0 Å². The fourth-order valence-electron chi connectivity index (χ4n) is 2.23. The second kappa shape index (κ2) is 4.40. The lowest BCUT2D eigenvalue weighted by molar-refractivity contribution is 0.534. The summed E-state index contributed by atoms with van der Waals surface area (Å²) in [4.78, 5) is 6.58. The Balaban J connectivity index is 1.57. The molecule has 0 radical (unpaired) electrons. The molecule has 3 heteroatoms. The van der Waals surface area contributed by atoms with Crippen molar-refractivity contribution in [1.29, 1.82) is 0 Å². The molecule has 1 aliphatic carbocycles. The normalized spacial score (nSPS) is 19.4. The minimum atomic E-state index is 0.849. The molecule has 2 aliphatic rings. The number of nitrogens with one attached hydrogen (secondary N) is 1. The third-order valence-corrected chi connectivity index (χ3v) is 3.54. The van der Waals surface area contributed by atoms with Crippen LogP contribution in [0, 0.1) is 0 Å². The van der Waals surface area contributed by atoms with Crippen LogP contribution in [0.5, 0.6) is 0 Å². The lowest BCUT2D eigenvalue weighted by Gasteiger charge is -2.15. The van der Waals surface area contributed by atoms with E-state index < -0.39 is 0 Å². The maximum Gasteiger partial charge on any atom is 0.194 e. The van der Waals surface area contributed by atoms with Crippen molar-refractivity contribution in [3.8, 4) is 0 Å². The molecule has 0 amide bonds. The van der Waals surface area contributed by atoms with Crippen LogP contribution >= 0.6 is 0 Å². The van der Waals surface area contributed by atoms with Gasteiger partial charge in [-0.25, -0.2) is 0 Å². The molecule has 17 heavy (non-hydrogen) atoms. The summed E-state index contributed by atoms with van der Waals surface area (Å²) in [7, 11) is 2.08. The molecule has 0 saturated heterocycles. The zero-order chi connectivity index (χ0) is 11.7. The Labute approximate surface area is 103 Å². The van der Waals surface area contributed by atoms with Gasteiger partial charge in [-0.3, -0.25) is 4.99 Å². The summed E-state index contributed by atoms with van der Waals surface area (Å²) in [6, 6.07) is 9.01. The molecule has 3 nitrogen and oxygen atoms in total. The predicted octanol–water partition coefficient (Wildman–Crippen LogP) is 1.95. The summed E-state index contributed by atoms with van der Waals surface area (Å²) < 4.78 is 0. The molecule has 0 bridgehead atoms. The molecule has 1 saturated carbocycles. The number of guanidine groups is 1. The van der Waals surface area contributed by atoms with E-state index in [-0.39, 0.29) is 0 Å². The van der Waals surface area contributed by atoms with Crippen molar-refractivity contribution in [3.63, 3.8) is 0 Å². The van der Waals surface area contributed by atoms with Crippen molar-refractivity contribution < 1.29 is 0 Å². The summed E-state index contributed by atoms with van der Waals surface area (Å²) >= 11 is 0. The first-order valence-electron chi connectivity index (χ1n) is 6.41. The van der Waals surface area contributed by atoms with Gasteiger partial charge in [-0.15, -0.1) is 0 Å². The number of hydrogen-bond donors (Lipinski definition) is 1. The Kier molecular flexibility index (Phi) is 2.75. The molecular weight excluding hydrogens is 210 g/mol. The van der Waals surface area contributed by atoms with Crippen molar-refractivity contribution in [2.75, 3.05) is 20.1 Å². The van der Waals surface area contributed by atoms with Crippen molar-refractivity contribution in [2.24, 2.45) is 4.99 Å². The van der Waals surface area contributed by atoms with Gasteiger partial charge in [-0.1, -0.05) is 24.3 Å². The molecule has 90 valence electrons. The Hall–Kier alpha value is -1.51. The van der Waals surface area contributed by atoms with Crippen LogP contribution in [-0.2, 0) is 6.54 Å². The van der Waals surface area contributed by atoms with E-state index in [0.29, 0.717) is 0 Å². The van der Waals surface area contributed by atoms with Crippen LogP contribution in [-0.4, -0.2) is 31.0 Å². The largest absolute Gasteiger partial charge is 0.352 e. The predicted molar refractivity (Wildman–Crippen MR) is 70.2 cm³/mol. The van der Waals surface area contributed by atoms with Crippen LogP contribution in [0.25, 0.3) is 0 Å². The maximum atomic E-state index is 4.42. The zero-order valence-corrected chi connectivity index (χ0v) is 10.3. The number of benzene rings is 1. The van der Waals surface area contributed by atoms with Crippen molar-refractivity contribution >= 4 is 5.96 Å². The first kappa shape index (κ1) is 10.6. The lowest BCUT2D eigenvalue weighted by Crippen LogP contribution is -2.35. The zero-order valence-electron chi connectivity index (χ0n) is 10.3. The Bertz CT molecular complexity index is 418. The number of rotatable bonds is 3. The van der Waals surface area contributed by atoms with E-state index in [2.05, 4.69) is 46.5 Å². The molecule has 1 aromatic carbocycles. The molecule has 0 spiro atoms. The van der Waals surface area contributed by atoms with Gasteiger partial charge in [0.2, 0.25) is 0 Å². The van der Waals surface area contributed by atoms with Crippen LogP contribution in [0.2, 0.25) is 0 Å². The summed E-state index contributed by atoms with van der Waals surface area (Å²) in [5, 5.41) is 3.39. The van der Waals surface area contributed by atoms with Crippen LogP contribution in [0.3, 0.4) is 0 Å². The van der Waals surface area contributed by atoms with E-state index in [1.165, 1.54) is 24.0 Å². The fourth-order valence-corrected chi connectivity index (χ4v) is 2.23. The Morgan fingerprint density at radius 3 is 2.65 bits per heavy atom. The highest BCUT2D eigenvalue weighted by Gasteiger charge is 2.22. The number of hydrogen-bond acceptors (Lipinski definition) is 3. The Morgan fingerprint density at radius 1 is 1.29 bits per heavy atom. The smallest absolute Gasteiger partial charge is 0.194 e. The minimum absolute atomic E-state index is 0.849. The van der Waals surface area contributed by atoms with Crippen molar-refractivity contribution in [2.45, 2.75) is 25.3 Å². The van der Waals surface area contributed by atoms with E-state index >= 15 is 0 Å². The van der Waals surface area contributed by atoms with E-state index in [1.807, 2.05) is 0 Å². The quantitative estimate of drug-likeness (QED) is 0.858. The molecule has 1 N–H and O–H groups in total. The second-order valence-electron chi connectivity index (χ2n) is 5.00. The standard InChI is InChI=1S/C14H19N3/c1-17-9-8-15-14(17)16-10-11-2-4-12(5-3-11)13-6-7-13/h2-5,13H,6-10H2,1H3,(H,15,16). The molecule has 1 aromatic rings. The monoisotopic (exact) mass is 229 g/mol. The molecule has 3 rings (SSSR count). The van der Waals surface area contributed by atoms with Gasteiger partial charge in [0.1, 0.15) is 0 Å². The van der Waals surface area contributed by atoms with Crippen LogP contribution < -0.4 is 5.32 Å². The van der Waals surface area contributed by atoms with Gasteiger partial charge in [0.15, 0.2) is 5.96 Å². The molecule has 0 aromatic heterocycles. The van der Waals surface area contributed by atoms with Crippen LogP contribution in [0.1, 0.15) is 29.9 Å². The third-order valence-electron chi connectivity index (χ3n) is 3.54. The van der Waals surface area contributed by atoms with Crippen LogP contribution in [0.15, 0.2) is 29.3 Å². The summed E-state index contributed by atoms with van der Waals surface area (Å²) in [6.07, 6.45) is 2.75. The number of likely N-dealkylation sites (N-methyl/N-ethyl adjacent to an activating group) is 1. The van der Waals surface area contributed by atoms with Gasteiger partial charge >= 0.3 is 0 Å². The molecule has 1 fully saturated rings. The lowest BCUT2D eigenvalue weighted by atomic mass is 10.1. The number of aliphatic imine (C=N–C) groups is 1. The molecule has 1 heterocycles. The first-order chi connectivity index (χ1) is 8.33. The van der Waals surface area contributed by atoms with Crippen molar-refractivity contribution in [3.05, 3.63) is 35.4 Å². The van der Waals surface area contributed by atoms with Gasteiger partial charge in [0.25, 0.3) is 0 Å². The minimum Gasteiger partial charge on any atom is -0.352 e. The molecule has 1 aliphatic heterocycles. The molecule has 0 atom stereocenters. The second-order valence-corrected chi connectivity index (χ2v) is 5.00. The first-order valence-corrected chi connectivity index (χ1v) is 6.41.